The summed E-state index contributed by atoms with van der Waals surface area (Å²) in [6.07, 6.45) is 5.77. The number of aromatic nitrogens is 3. The average Bonchev–Trinajstić information content (AvgIpc) is 1.90. The van der Waals surface area contributed by atoms with Crippen molar-refractivity contribution in [2.75, 3.05) is 0 Å². The van der Waals surface area contributed by atoms with Crippen molar-refractivity contribution in [1.82, 2.24) is 13.7 Å². The predicted octanol–water partition coefficient (Wildman–Crippen LogP) is 23.3. The van der Waals surface area contributed by atoms with Crippen molar-refractivity contribution in [1.29, 1.82) is 0 Å². The minimum absolute atomic E-state index is 0.433. The molecular formula is C87H59N3. The number of allylic oxidation sites excluding steroid dienone is 1. The minimum Gasteiger partial charge on any atom is -0.309 e. The molecule has 3 nitrogen and oxygen atoms in total. The summed E-state index contributed by atoms with van der Waals surface area (Å²) >= 11 is 0. The van der Waals surface area contributed by atoms with Crippen molar-refractivity contribution >= 4 is 82.3 Å². The lowest BCUT2D eigenvalue weighted by atomic mass is 9.78. The highest BCUT2D eigenvalue weighted by Crippen LogP contribution is 2.47. The predicted molar refractivity (Wildman–Crippen MR) is 381 cm³/mol. The molecule has 90 heavy (non-hydrogen) atoms. The molecule has 14 aromatic carbocycles. The van der Waals surface area contributed by atoms with Gasteiger partial charge >= 0.3 is 0 Å². The second-order valence-corrected chi connectivity index (χ2v) is 24.4. The molecule has 18 rings (SSSR count). The van der Waals surface area contributed by atoms with Crippen molar-refractivity contribution < 1.29 is 0 Å². The molecule has 1 aliphatic rings. The van der Waals surface area contributed by atoms with E-state index >= 15 is 0 Å². The Bertz CT molecular complexity index is 5480. The lowest BCUT2D eigenvalue weighted by Crippen LogP contribution is -2.08. The molecule has 0 spiro atoms. The van der Waals surface area contributed by atoms with Gasteiger partial charge in [-0.1, -0.05) is 244 Å². The van der Waals surface area contributed by atoms with E-state index in [1.54, 1.807) is 0 Å². The molecule has 3 heterocycles. The van der Waals surface area contributed by atoms with E-state index in [1.165, 1.54) is 165 Å². The number of benzene rings is 14. The summed E-state index contributed by atoms with van der Waals surface area (Å²) in [5.74, 6) is 0.433. The molecule has 0 saturated heterocycles. The van der Waals surface area contributed by atoms with Crippen LogP contribution in [-0.4, -0.2) is 13.7 Å². The zero-order valence-corrected chi connectivity index (χ0v) is 49.7. The van der Waals surface area contributed by atoms with E-state index in [-0.39, 0.29) is 0 Å². The Kier molecular flexibility index (Phi) is 12.0. The molecule has 0 saturated carbocycles. The van der Waals surface area contributed by atoms with Gasteiger partial charge in [-0.05, 0) is 175 Å². The van der Waals surface area contributed by atoms with Crippen LogP contribution in [0.3, 0.4) is 0 Å². The van der Waals surface area contributed by atoms with E-state index in [0.29, 0.717) is 5.92 Å². The fourth-order valence-corrected chi connectivity index (χ4v) is 15.1. The van der Waals surface area contributed by atoms with Crippen LogP contribution in [0.1, 0.15) is 18.1 Å². The molecule has 0 N–H and O–H groups in total. The molecule has 0 amide bonds. The van der Waals surface area contributed by atoms with Gasteiger partial charge in [0.2, 0.25) is 0 Å². The third-order valence-corrected chi connectivity index (χ3v) is 19.2. The molecule has 3 aromatic heterocycles. The second-order valence-electron chi connectivity index (χ2n) is 24.4. The number of nitrogens with zero attached hydrogens (tertiary/aromatic N) is 3. The molecule has 3 heteroatoms. The summed E-state index contributed by atoms with van der Waals surface area (Å²) in [6, 6.07) is 115. The van der Waals surface area contributed by atoms with E-state index in [2.05, 4.69) is 342 Å². The highest BCUT2D eigenvalue weighted by molar-refractivity contribution is 6.16. The zero-order valence-electron chi connectivity index (χ0n) is 49.7. The van der Waals surface area contributed by atoms with Crippen LogP contribution in [0.25, 0.3) is 166 Å². The van der Waals surface area contributed by atoms with Crippen molar-refractivity contribution in [2.24, 2.45) is 5.92 Å². The summed E-state index contributed by atoms with van der Waals surface area (Å²) in [6.45, 7) is 2.34. The fourth-order valence-electron chi connectivity index (χ4n) is 15.1. The number of para-hydroxylation sites is 4. The van der Waals surface area contributed by atoms with Crippen LogP contribution >= 0.6 is 0 Å². The zero-order chi connectivity index (χ0) is 59.4. The van der Waals surface area contributed by atoms with Crippen LogP contribution in [0.15, 0.2) is 315 Å². The number of fused-ring (bicyclic) bond motifs is 11. The monoisotopic (exact) mass is 1150 g/mol. The van der Waals surface area contributed by atoms with Crippen LogP contribution in [0, 0.1) is 5.92 Å². The number of hydrogen-bond donors (Lipinski definition) is 0. The van der Waals surface area contributed by atoms with Gasteiger partial charge in [0.15, 0.2) is 0 Å². The topological polar surface area (TPSA) is 14.8 Å². The fraction of sp³-hybridized carbons (Fsp3) is 0.0345. The maximum absolute atomic E-state index is 2.49. The van der Waals surface area contributed by atoms with Crippen molar-refractivity contribution in [3.05, 3.63) is 327 Å². The Morgan fingerprint density at radius 2 is 0.611 bits per heavy atom. The van der Waals surface area contributed by atoms with Gasteiger partial charge < -0.3 is 13.7 Å². The molecule has 0 bridgehead atoms. The summed E-state index contributed by atoms with van der Waals surface area (Å²) in [4.78, 5) is 0. The van der Waals surface area contributed by atoms with Gasteiger partial charge in [0.05, 0.1) is 44.5 Å². The van der Waals surface area contributed by atoms with E-state index < -0.39 is 0 Å². The SMILES string of the molecule is CC1C=Cc2c(c(-c3ccc(-n4c5ccc(-c6ccc7c(c6)c6ccccc6n7-c6ccccc6-c6ccccc6)cc5c5cc(-c6ccc7c(c6)c6ccccc6n7-c6ccccc6-c6ccccc6)ccc54)cc3)c3ccccc3c2-c2ccccc2)C1. The van der Waals surface area contributed by atoms with E-state index in [0.717, 1.165) is 12.1 Å². The van der Waals surface area contributed by atoms with Gasteiger partial charge in [-0.15, -0.1) is 0 Å². The van der Waals surface area contributed by atoms with E-state index in [9.17, 15) is 0 Å². The van der Waals surface area contributed by atoms with Gasteiger partial charge in [-0.2, -0.15) is 0 Å². The van der Waals surface area contributed by atoms with E-state index in [1.807, 2.05) is 0 Å². The summed E-state index contributed by atoms with van der Waals surface area (Å²) in [7, 11) is 0. The Morgan fingerprint density at radius 1 is 0.267 bits per heavy atom. The Balaban J connectivity index is 0.813. The Morgan fingerprint density at radius 3 is 1.09 bits per heavy atom. The normalized spacial score (nSPS) is 13.2. The smallest absolute Gasteiger partial charge is 0.0541 e. The average molecular weight is 1150 g/mol. The van der Waals surface area contributed by atoms with Gasteiger partial charge in [-0.25, -0.2) is 0 Å². The molecule has 1 atom stereocenters. The van der Waals surface area contributed by atoms with Crippen LogP contribution in [0.2, 0.25) is 0 Å². The largest absolute Gasteiger partial charge is 0.309 e. The standard InChI is InChI=1S/C87H59N3/c1-56-37-46-72-77(51-56)87(71-32-12-11-31-70(71)86(72)59-25-9-4-10-26-59)60-38-44-65(45-39-60)88-82-47-40-63(61-42-49-84-73(52-61)68-29-15-19-35-80(68)89(84)78-33-17-13-27-66(78)57-21-5-2-6-22-57)54-75(82)76-55-64(41-48-83(76)88)62-43-50-85-74(53-62)69-30-16-20-36-81(69)90(85)79-34-18-14-28-67(79)58-23-7-3-8-24-58/h2-50,52-56H,51H2,1H3. The van der Waals surface area contributed by atoms with Gasteiger partial charge in [0.1, 0.15) is 0 Å². The third kappa shape index (κ3) is 8.20. The first kappa shape index (κ1) is 51.7. The maximum atomic E-state index is 2.49. The Hall–Kier alpha value is -11.5. The molecular weight excluding hydrogens is 1090 g/mol. The van der Waals surface area contributed by atoms with Crippen LogP contribution < -0.4 is 0 Å². The van der Waals surface area contributed by atoms with Crippen molar-refractivity contribution in [3.63, 3.8) is 0 Å². The number of rotatable bonds is 9. The molecule has 0 aliphatic heterocycles. The quantitative estimate of drug-likeness (QED) is 0.137. The first-order valence-corrected chi connectivity index (χ1v) is 31.4. The maximum Gasteiger partial charge on any atom is 0.0541 e. The molecule has 1 aliphatic carbocycles. The second kappa shape index (κ2) is 20.8. The van der Waals surface area contributed by atoms with Gasteiger partial charge in [0.25, 0.3) is 0 Å². The summed E-state index contributed by atoms with van der Waals surface area (Å²) < 4.78 is 7.39. The first-order valence-electron chi connectivity index (χ1n) is 31.4. The first-order chi connectivity index (χ1) is 44.6. The molecule has 0 fully saturated rings. The highest BCUT2D eigenvalue weighted by Gasteiger charge is 2.25. The highest BCUT2D eigenvalue weighted by atomic mass is 15.0. The Labute approximate surface area is 522 Å². The van der Waals surface area contributed by atoms with E-state index in [4.69, 9.17) is 0 Å². The summed E-state index contributed by atoms with van der Waals surface area (Å²) in [5.41, 5.74) is 27.9. The van der Waals surface area contributed by atoms with Crippen LogP contribution in [-0.2, 0) is 6.42 Å². The van der Waals surface area contributed by atoms with Crippen LogP contribution in [0.4, 0.5) is 0 Å². The number of hydrogen-bond acceptors (Lipinski definition) is 0. The van der Waals surface area contributed by atoms with Crippen molar-refractivity contribution in [2.45, 2.75) is 13.3 Å². The van der Waals surface area contributed by atoms with Gasteiger partial charge in [-0.3, -0.25) is 0 Å². The lowest BCUT2D eigenvalue weighted by Gasteiger charge is -2.26. The molecule has 1 unspecified atom stereocenters. The molecule has 17 aromatic rings. The van der Waals surface area contributed by atoms with Gasteiger partial charge in [0, 0.05) is 49.1 Å². The summed E-state index contributed by atoms with van der Waals surface area (Å²) in [5, 5.41) is 9.91. The minimum atomic E-state index is 0.433. The van der Waals surface area contributed by atoms with Crippen LogP contribution in [0.5, 0.6) is 0 Å². The van der Waals surface area contributed by atoms with Crippen molar-refractivity contribution in [3.8, 4) is 83.8 Å². The molecule has 0 radical (unpaired) electrons. The third-order valence-electron chi connectivity index (χ3n) is 19.2. The molecule has 422 valence electrons. The lowest BCUT2D eigenvalue weighted by molar-refractivity contribution is 0.719.